The molecule has 7 heteroatoms. The third-order valence-electron chi connectivity index (χ3n) is 8.98. The van der Waals surface area contributed by atoms with Crippen LogP contribution < -0.4 is 5.32 Å². The van der Waals surface area contributed by atoms with Gasteiger partial charge in [0.2, 0.25) is 0 Å². The van der Waals surface area contributed by atoms with E-state index in [1.807, 2.05) is 11.8 Å². The predicted octanol–water partition coefficient (Wildman–Crippen LogP) is 4.52. The third kappa shape index (κ3) is 4.16. The van der Waals surface area contributed by atoms with Gasteiger partial charge < -0.3 is 24.8 Å². The molecule has 3 atom stereocenters. The van der Waals surface area contributed by atoms with Crippen molar-refractivity contribution in [2.75, 3.05) is 33.8 Å². The topological polar surface area (TPSA) is 65.1 Å². The highest BCUT2D eigenvalue weighted by Crippen LogP contribution is 2.49. The first-order valence-corrected chi connectivity index (χ1v) is 13.2. The second-order valence-corrected chi connectivity index (χ2v) is 11.0. The molecule has 4 aliphatic rings. The van der Waals surface area contributed by atoms with Crippen LogP contribution in [-0.4, -0.2) is 78.7 Å². The van der Waals surface area contributed by atoms with Gasteiger partial charge in [-0.1, -0.05) is 24.3 Å². The maximum absolute atomic E-state index is 12.5. The van der Waals surface area contributed by atoms with E-state index in [1.165, 1.54) is 24.0 Å². The summed E-state index contributed by atoms with van der Waals surface area (Å²) in [5.74, 6) is 0. The van der Waals surface area contributed by atoms with E-state index in [-0.39, 0.29) is 25.0 Å². The van der Waals surface area contributed by atoms with Crippen LogP contribution in [-0.2, 0) is 10.2 Å². The molecule has 188 valence electrons. The highest BCUT2D eigenvalue weighted by Gasteiger charge is 2.48. The van der Waals surface area contributed by atoms with E-state index in [2.05, 4.69) is 34.5 Å². The van der Waals surface area contributed by atoms with E-state index in [9.17, 15) is 9.59 Å². The van der Waals surface area contributed by atoms with Crippen LogP contribution in [0.4, 0.5) is 9.59 Å². The molecule has 3 fully saturated rings. The van der Waals surface area contributed by atoms with Crippen molar-refractivity contribution in [1.29, 1.82) is 0 Å². The van der Waals surface area contributed by atoms with Crippen molar-refractivity contribution in [2.45, 2.75) is 87.9 Å². The Morgan fingerprint density at radius 1 is 1.06 bits per heavy atom. The molecule has 1 aromatic rings. The van der Waals surface area contributed by atoms with Gasteiger partial charge in [-0.05, 0) is 87.9 Å². The molecular weight excluding hydrogens is 428 g/mol. The second-order valence-electron chi connectivity index (χ2n) is 11.0. The summed E-state index contributed by atoms with van der Waals surface area (Å²) in [6.07, 6.45) is 8.76. The number of ether oxygens (including phenoxy) is 1. The number of rotatable bonds is 3. The number of carbonyl (C=O) groups is 2. The summed E-state index contributed by atoms with van der Waals surface area (Å²) < 4.78 is 5.34. The molecule has 0 aromatic heterocycles. The van der Waals surface area contributed by atoms with Crippen molar-refractivity contribution in [2.24, 2.45) is 0 Å². The maximum atomic E-state index is 12.5. The molecule has 3 aliphatic heterocycles. The molecule has 1 N–H and O–H groups in total. The number of amides is 3. The minimum atomic E-state index is -0.110. The van der Waals surface area contributed by atoms with Gasteiger partial charge in [-0.15, -0.1) is 0 Å². The molecule has 2 unspecified atom stereocenters. The fraction of sp³-hybridized carbons (Fsp3) is 0.704. The van der Waals surface area contributed by atoms with Gasteiger partial charge in [0.1, 0.15) is 0 Å². The van der Waals surface area contributed by atoms with Gasteiger partial charge in [-0.2, -0.15) is 0 Å². The first-order valence-electron chi connectivity index (χ1n) is 13.2. The molecule has 3 amide bonds. The average Bonchev–Trinajstić information content (AvgIpc) is 3.11. The fourth-order valence-electron chi connectivity index (χ4n) is 7.20. The SMILES string of the molecule is CCOC(=O)N1C2CCC1CC(N1CCC3(CC[C@@H](NC(=O)N(C)C)c4ccccc43)CC1)C2.[HH]. The van der Waals surface area contributed by atoms with Gasteiger partial charge in [0.05, 0.1) is 12.6 Å². The van der Waals surface area contributed by atoms with Crippen LogP contribution in [0.25, 0.3) is 0 Å². The highest BCUT2D eigenvalue weighted by molar-refractivity contribution is 5.74. The Labute approximate surface area is 205 Å². The Kier molecular flexibility index (Phi) is 6.49. The summed E-state index contributed by atoms with van der Waals surface area (Å²) in [5, 5.41) is 3.23. The van der Waals surface area contributed by atoms with Crippen LogP contribution >= 0.6 is 0 Å². The van der Waals surface area contributed by atoms with Crippen LogP contribution in [0.15, 0.2) is 24.3 Å². The van der Waals surface area contributed by atoms with Crippen LogP contribution in [0.3, 0.4) is 0 Å². The minimum Gasteiger partial charge on any atom is -0.450 e. The van der Waals surface area contributed by atoms with Crippen LogP contribution in [0.1, 0.15) is 76.9 Å². The number of carbonyl (C=O) groups excluding carboxylic acids is 2. The smallest absolute Gasteiger partial charge is 0.410 e. The average molecular weight is 471 g/mol. The lowest BCUT2D eigenvalue weighted by Crippen LogP contribution is -2.55. The number of nitrogens with one attached hydrogen (secondary N) is 1. The molecule has 3 saturated heterocycles. The Balaban J connectivity index is 0.00000289. The summed E-state index contributed by atoms with van der Waals surface area (Å²) in [7, 11) is 3.59. The Bertz CT molecular complexity index is 903. The van der Waals surface area contributed by atoms with Crippen LogP contribution in [0, 0.1) is 0 Å². The Hall–Kier alpha value is -2.28. The van der Waals surface area contributed by atoms with Gasteiger partial charge in [-0.3, -0.25) is 0 Å². The fourth-order valence-corrected chi connectivity index (χ4v) is 7.20. The van der Waals surface area contributed by atoms with E-state index in [0.717, 1.165) is 51.6 Å². The van der Waals surface area contributed by atoms with Crippen molar-refractivity contribution in [3.8, 4) is 0 Å². The quantitative estimate of drug-likeness (QED) is 0.705. The summed E-state index contributed by atoms with van der Waals surface area (Å²) in [6, 6.07) is 10.1. The molecule has 5 rings (SSSR count). The van der Waals surface area contributed by atoms with Crippen LogP contribution in [0.2, 0.25) is 0 Å². The molecule has 0 radical (unpaired) electrons. The first-order chi connectivity index (χ1) is 16.4. The van der Waals surface area contributed by atoms with Crippen molar-refractivity contribution in [3.05, 3.63) is 35.4 Å². The summed E-state index contributed by atoms with van der Waals surface area (Å²) >= 11 is 0. The van der Waals surface area contributed by atoms with Crippen molar-refractivity contribution in [1.82, 2.24) is 20.0 Å². The number of hydrogen-bond donors (Lipinski definition) is 1. The molecular formula is C27H42N4O3. The number of piperidine rings is 2. The standard InChI is InChI=1S/C27H40N4O3.H2/c1-4-34-26(33)31-19-9-10-20(31)18-21(17-19)30-15-13-27(14-16-30)12-11-24(28-25(32)29(2)3)22-7-5-6-8-23(22)27;/h5-8,19-21,24H,4,9-18H2,1-3H3,(H,28,32);1H/t19?,20?,21?,24-;/m1./s1. The lowest BCUT2D eigenvalue weighted by atomic mass is 9.63. The van der Waals surface area contributed by atoms with Gasteiger partial charge >= 0.3 is 12.1 Å². The highest BCUT2D eigenvalue weighted by atomic mass is 16.6. The van der Waals surface area contributed by atoms with Crippen LogP contribution in [0.5, 0.6) is 0 Å². The largest absolute Gasteiger partial charge is 0.450 e. The minimum absolute atomic E-state index is 0. The monoisotopic (exact) mass is 470 g/mol. The van der Waals surface area contributed by atoms with E-state index in [4.69, 9.17) is 4.74 Å². The molecule has 34 heavy (non-hydrogen) atoms. The van der Waals surface area contributed by atoms with E-state index >= 15 is 0 Å². The Morgan fingerprint density at radius 2 is 1.74 bits per heavy atom. The first kappa shape index (κ1) is 23.5. The zero-order valence-electron chi connectivity index (χ0n) is 21.0. The van der Waals surface area contributed by atoms with E-state index in [0.29, 0.717) is 24.7 Å². The lowest BCUT2D eigenvalue weighted by Gasteiger charge is -2.50. The lowest BCUT2D eigenvalue weighted by molar-refractivity contribution is 0.0247. The molecule has 1 spiro atoms. The second kappa shape index (κ2) is 9.40. The zero-order chi connectivity index (χ0) is 23.9. The van der Waals surface area contributed by atoms with Gasteiger partial charge in [0, 0.05) is 33.6 Å². The number of benzene rings is 1. The normalized spacial score (nSPS) is 30.0. The van der Waals surface area contributed by atoms with Gasteiger partial charge in [0.15, 0.2) is 0 Å². The molecule has 7 nitrogen and oxygen atoms in total. The summed E-state index contributed by atoms with van der Waals surface area (Å²) in [4.78, 5) is 31.2. The molecule has 1 aliphatic carbocycles. The third-order valence-corrected chi connectivity index (χ3v) is 8.98. The number of likely N-dealkylation sites (tertiary alicyclic amines) is 1. The van der Waals surface area contributed by atoms with Crippen molar-refractivity contribution in [3.63, 3.8) is 0 Å². The number of urea groups is 1. The zero-order valence-corrected chi connectivity index (χ0v) is 21.0. The van der Waals surface area contributed by atoms with E-state index in [1.54, 1.807) is 19.0 Å². The van der Waals surface area contributed by atoms with Gasteiger partial charge in [0.25, 0.3) is 0 Å². The molecule has 2 bridgehead atoms. The summed E-state index contributed by atoms with van der Waals surface area (Å²) in [5.41, 5.74) is 2.97. The predicted molar refractivity (Wildman–Crippen MR) is 134 cm³/mol. The van der Waals surface area contributed by atoms with Crippen molar-refractivity contribution >= 4 is 12.1 Å². The molecule has 0 saturated carbocycles. The number of fused-ring (bicyclic) bond motifs is 4. The number of nitrogens with zero attached hydrogens (tertiary/aromatic N) is 3. The summed E-state index contributed by atoms with van der Waals surface area (Å²) in [6.45, 7) is 4.57. The van der Waals surface area contributed by atoms with Crippen molar-refractivity contribution < 1.29 is 15.8 Å². The van der Waals surface area contributed by atoms with Gasteiger partial charge in [-0.25, -0.2) is 9.59 Å². The van der Waals surface area contributed by atoms with E-state index < -0.39 is 0 Å². The number of hydrogen-bond acceptors (Lipinski definition) is 4. The Morgan fingerprint density at radius 3 is 2.38 bits per heavy atom. The maximum Gasteiger partial charge on any atom is 0.410 e. The molecule has 3 heterocycles. The molecule has 1 aromatic carbocycles.